The Morgan fingerprint density at radius 1 is 1.33 bits per heavy atom. The maximum atomic E-state index is 8.82. The minimum atomic E-state index is -0.157. The fourth-order valence-corrected chi connectivity index (χ4v) is 1.46. The van der Waals surface area contributed by atoms with E-state index in [1.807, 2.05) is 30.3 Å². The Morgan fingerprint density at radius 2 is 2.00 bits per heavy atom. The van der Waals surface area contributed by atoms with Gasteiger partial charge in [-0.05, 0) is 5.56 Å². The van der Waals surface area contributed by atoms with Gasteiger partial charge in [-0.2, -0.15) is 0 Å². The molecule has 1 heterocycles. The molecule has 1 aliphatic rings. The zero-order valence-electron chi connectivity index (χ0n) is 6.86. The summed E-state index contributed by atoms with van der Waals surface area (Å²) in [5, 5.41) is 8.82. The van der Waals surface area contributed by atoms with Crippen LogP contribution in [0.1, 0.15) is 12.0 Å². The summed E-state index contributed by atoms with van der Waals surface area (Å²) >= 11 is 0. The van der Waals surface area contributed by atoms with Gasteiger partial charge in [0, 0.05) is 13.0 Å². The molecule has 0 radical (unpaired) electrons. The van der Waals surface area contributed by atoms with E-state index in [1.165, 1.54) is 5.56 Å². The maximum Gasteiger partial charge on any atom is 0.119 e. The summed E-state index contributed by atoms with van der Waals surface area (Å²) < 4.78 is 5.36. The van der Waals surface area contributed by atoms with Gasteiger partial charge < -0.3 is 9.84 Å². The first-order chi connectivity index (χ1) is 5.87. The lowest BCUT2D eigenvalue weighted by atomic mass is 9.97. The number of hydrogen-bond acceptors (Lipinski definition) is 2. The van der Waals surface area contributed by atoms with Crippen LogP contribution in [0.15, 0.2) is 30.3 Å². The minimum Gasteiger partial charge on any atom is -0.396 e. The summed E-state index contributed by atoms with van der Waals surface area (Å²) in [7, 11) is 0. The number of epoxide rings is 1. The fourth-order valence-electron chi connectivity index (χ4n) is 1.46. The van der Waals surface area contributed by atoms with Crippen molar-refractivity contribution in [2.24, 2.45) is 0 Å². The monoisotopic (exact) mass is 164 g/mol. The molecule has 0 bridgehead atoms. The number of aliphatic hydroxyl groups is 1. The van der Waals surface area contributed by atoms with Crippen LogP contribution in [-0.2, 0) is 10.3 Å². The van der Waals surface area contributed by atoms with Crippen molar-refractivity contribution in [3.05, 3.63) is 35.9 Å². The average molecular weight is 164 g/mol. The van der Waals surface area contributed by atoms with Crippen molar-refractivity contribution < 1.29 is 9.84 Å². The van der Waals surface area contributed by atoms with Gasteiger partial charge in [-0.1, -0.05) is 30.3 Å². The highest BCUT2D eigenvalue weighted by molar-refractivity contribution is 5.26. The molecule has 2 nitrogen and oxygen atoms in total. The fraction of sp³-hybridized carbons (Fsp3) is 0.400. The molecule has 1 unspecified atom stereocenters. The first kappa shape index (κ1) is 7.77. The van der Waals surface area contributed by atoms with Gasteiger partial charge in [0.2, 0.25) is 0 Å². The molecule has 0 amide bonds. The van der Waals surface area contributed by atoms with E-state index in [2.05, 4.69) is 0 Å². The van der Waals surface area contributed by atoms with Crippen molar-refractivity contribution in [2.75, 3.05) is 13.2 Å². The van der Waals surface area contributed by atoms with Gasteiger partial charge in [-0.25, -0.2) is 0 Å². The van der Waals surface area contributed by atoms with E-state index < -0.39 is 0 Å². The standard InChI is InChI=1S/C10H12O2/c11-7-6-10(8-12-10)9-4-2-1-3-5-9/h1-5,11H,6-8H2. The number of ether oxygens (including phenoxy) is 1. The zero-order valence-corrected chi connectivity index (χ0v) is 6.86. The molecule has 1 aliphatic heterocycles. The highest BCUT2D eigenvalue weighted by Crippen LogP contribution is 2.41. The predicted octanol–water partition coefficient (Wildman–Crippen LogP) is 1.29. The lowest BCUT2D eigenvalue weighted by Crippen LogP contribution is -2.10. The Morgan fingerprint density at radius 3 is 2.50 bits per heavy atom. The van der Waals surface area contributed by atoms with Crippen LogP contribution in [0, 0.1) is 0 Å². The molecule has 2 rings (SSSR count). The molecule has 1 fully saturated rings. The van der Waals surface area contributed by atoms with E-state index >= 15 is 0 Å². The van der Waals surface area contributed by atoms with E-state index in [-0.39, 0.29) is 12.2 Å². The third-order valence-corrected chi connectivity index (χ3v) is 2.31. The van der Waals surface area contributed by atoms with Gasteiger partial charge in [-0.3, -0.25) is 0 Å². The third kappa shape index (κ3) is 1.24. The largest absolute Gasteiger partial charge is 0.396 e. The van der Waals surface area contributed by atoms with Crippen molar-refractivity contribution >= 4 is 0 Å². The quantitative estimate of drug-likeness (QED) is 0.683. The third-order valence-electron chi connectivity index (χ3n) is 2.31. The van der Waals surface area contributed by atoms with Crippen LogP contribution in [0.5, 0.6) is 0 Å². The normalized spacial score (nSPS) is 27.1. The maximum absolute atomic E-state index is 8.82. The number of benzene rings is 1. The Hall–Kier alpha value is -0.860. The van der Waals surface area contributed by atoms with Crippen LogP contribution < -0.4 is 0 Å². The Bertz CT molecular complexity index is 252. The molecule has 0 spiro atoms. The number of hydrogen-bond donors (Lipinski definition) is 1. The van der Waals surface area contributed by atoms with Gasteiger partial charge in [-0.15, -0.1) is 0 Å². The van der Waals surface area contributed by atoms with Gasteiger partial charge in [0.25, 0.3) is 0 Å². The van der Waals surface area contributed by atoms with Gasteiger partial charge in [0.15, 0.2) is 0 Å². The Kier molecular flexibility index (Phi) is 1.87. The molecule has 0 aliphatic carbocycles. The van der Waals surface area contributed by atoms with Crippen LogP contribution in [0.2, 0.25) is 0 Å². The van der Waals surface area contributed by atoms with Crippen LogP contribution in [0.4, 0.5) is 0 Å². The molecule has 2 heteroatoms. The molecule has 1 N–H and O–H groups in total. The van der Waals surface area contributed by atoms with Crippen molar-refractivity contribution in [1.82, 2.24) is 0 Å². The number of rotatable bonds is 3. The van der Waals surface area contributed by atoms with Crippen molar-refractivity contribution in [1.29, 1.82) is 0 Å². The Balaban J connectivity index is 2.19. The molecular formula is C10H12O2. The van der Waals surface area contributed by atoms with Crippen LogP contribution in [0.3, 0.4) is 0 Å². The van der Waals surface area contributed by atoms with Crippen molar-refractivity contribution in [3.8, 4) is 0 Å². The second kappa shape index (κ2) is 2.88. The second-order valence-corrected chi connectivity index (χ2v) is 3.12. The van der Waals surface area contributed by atoms with Crippen LogP contribution in [0.25, 0.3) is 0 Å². The SMILES string of the molecule is OCCC1(c2ccccc2)CO1. The van der Waals surface area contributed by atoms with E-state index in [1.54, 1.807) is 0 Å². The first-order valence-corrected chi connectivity index (χ1v) is 4.18. The average Bonchev–Trinajstić information content (AvgIpc) is 2.88. The second-order valence-electron chi connectivity index (χ2n) is 3.12. The summed E-state index contributed by atoms with van der Waals surface area (Å²) in [4.78, 5) is 0. The highest BCUT2D eigenvalue weighted by Gasteiger charge is 2.45. The van der Waals surface area contributed by atoms with E-state index in [0.717, 1.165) is 6.61 Å². The van der Waals surface area contributed by atoms with Gasteiger partial charge in [0.05, 0.1) is 6.61 Å². The lowest BCUT2D eigenvalue weighted by Gasteiger charge is -2.09. The van der Waals surface area contributed by atoms with Crippen molar-refractivity contribution in [3.63, 3.8) is 0 Å². The van der Waals surface area contributed by atoms with E-state index in [9.17, 15) is 0 Å². The highest BCUT2D eigenvalue weighted by atomic mass is 16.6. The van der Waals surface area contributed by atoms with Crippen molar-refractivity contribution in [2.45, 2.75) is 12.0 Å². The summed E-state index contributed by atoms with van der Waals surface area (Å²) in [6.07, 6.45) is 0.705. The predicted molar refractivity (Wildman–Crippen MR) is 45.8 cm³/mol. The van der Waals surface area contributed by atoms with E-state index in [4.69, 9.17) is 9.84 Å². The Labute approximate surface area is 71.8 Å². The van der Waals surface area contributed by atoms with Gasteiger partial charge >= 0.3 is 0 Å². The minimum absolute atomic E-state index is 0.157. The molecule has 1 atom stereocenters. The molecule has 0 saturated carbocycles. The van der Waals surface area contributed by atoms with Gasteiger partial charge in [0.1, 0.15) is 5.60 Å². The smallest absolute Gasteiger partial charge is 0.119 e. The summed E-state index contributed by atoms with van der Waals surface area (Å²) in [5.74, 6) is 0. The number of aliphatic hydroxyl groups excluding tert-OH is 1. The topological polar surface area (TPSA) is 32.8 Å². The van der Waals surface area contributed by atoms with E-state index in [0.29, 0.717) is 6.42 Å². The lowest BCUT2D eigenvalue weighted by molar-refractivity contribution is 0.214. The molecule has 12 heavy (non-hydrogen) atoms. The zero-order chi connectivity index (χ0) is 8.44. The molecule has 1 saturated heterocycles. The summed E-state index contributed by atoms with van der Waals surface area (Å²) in [6, 6.07) is 10.1. The molecule has 64 valence electrons. The first-order valence-electron chi connectivity index (χ1n) is 4.18. The molecular weight excluding hydrogens is 152 g/mol. The molecule has 1 aromatic rings. The molecule has 0 aromatic heterocycles. The van der Waals surface area contributed by atoms with Crippen LogP contribution >= 0.6 is 0 Å². The summed E-state index contributed by atoms with van der Waals surface area (Å²) in [6.45, 7) is 0.937. The van der Waals surface area contributed by atoms with Crippen LogP contribution in [-0.4, -0.2) is 18.3 Å². The molecule has 1 aromatic carbocycles. The summed E-state index contributed by atoms with van der Waals surface area (Å²) in [5.41, 5.74) is 1.02.